The van der Waals surface area contributed by atoms with Gasteiger partial charge in [0.1, 0.15) is 11.5 Å². The maximum absolute atomic E-state index is 13.9. The van der Waals surface area contributed by atoms with E-state index in [9.17, 15) is 23.9 Å². The molecule has 0 spiro atoms. The Morgan fingerprint density at radius 2 is 1.87 bits per heavy atom. The van der Waals surface area contributed by atoms with E-state index in [-0.39, 0.29) is 23.4 Å². The van der Waals surface area contributed by atoms with Crippen molar-refractivity contribution in [2.75, 3.05) is 0 Å². The number of aromatic nitrogens is 1. The quantitative estimate of drug-likeness (QED) is 0.503. The molecule has 0 saturated carbocycles. The monoisotopic (exact) mass is 405 g/mol. The van der Waals surface area contributed by atoms with Gasteiger partial charge in [-0.3, -0.25) is 9.69 Å². The number of benzene rings is 2. The molecule has 0 aliphatic carbocycles. The number of amides is 3. The zero-order chi connectivity index (χ0) is 21.3. The molecule has 1 saturated heterocycles. The first-order valence-electron chi connectivity index (χ1n) is 9.03. The van der Waals surface area contributed by atoms with E-state index < -0.39 is 23.7 Å². The topological polar surface area (TPSA) is 91.6 Å². The Bertz CT molecular complexity index is 1200. The molecule has 4 rings (SSSR count). The summed E-state index contributed by atoms with van der Waals surface area (Å²) in [4.78, 5) is 37.1. The number of nitrogens with zero attached hydrogens (tertiary/aromatic N) is 2. The number of imide groups is 1. The van der Waals surface area contributed by atoms with Crippen LogP contribution >= 0.6 is 0 Å². The smallest absolute Gasteiger partial charge is 0.335 e. The molecule has 1 aliphatic rings. The fourth-order valence-corrected chi connectivity index (χ4v) is 3.20. The van der Waals surface area contributed by atoms with Crippen LogP contribution in [0.2, 0.25) is 0 Å². The molecule has 0 bridgehead atoms. The van der Waals surface area contributed by atoms with E-state index in [1.807, 2.05) is 0 Å². The normalized spacial score (nSPS) is 15.0. The lowest BCUT2D eigenvalue weighted by Crippen LogP contribution is -2.30. The summed E-state index contributed by atoms with van der Waals surface area (Å²) in [6, 6.07) is 15.1. The van der Waals surface area contributed by atoms with Crippen LogP contribution in [-0.2, 0) is 11.3 Å². The van der Waals surface area contributed by atoms with E-state index in [0.29, 0.717) is 11.4 Å². The van der Waals surface area contributed by atoms with Gasteiger partial charge in [0.25, 0.3) is 5.91 Å². The Kier molecular flexibility index (Phi) is 4.89. The van der Waals surface area contributed by atoms with Gasteiger partial charge in [0, 0.05) is 23.1 Å². The van der Waals surface area contributed by atoms with Crippen molar-refractivity contribution in [1.82, 2.24) is 14.8 Å². The molecule has 2 heterocycles. The van der Waals surface area contributed by atoms with Crippen LogP contribution in [0.5, 0.6) is 0 Å². The predicted octanol–water partition coefficient (Wildman–Crippen LogP) is 3.41. The number of rotatable bonds is 5. The molecule has 30 heavy (non-hydrogen) atoms. The van der Waals surface area contributed by atoms with Crippen molar-refractivity contribution in [3.05, 3.63) is 95.2 Å². The van der Waals surface area contributed by atoms with Crippen molar-refractivity contribution >= 4 is 24.0 Å². The number of carboxylic acid groups (broad SMARTS) is 1. The molecule has 1 aliphatic heterocycles. The average molecular weight is 405 g/mol. The molecule has 3 amide bonds. The molecule has 3 aromatic rings. The maximum Gasteiger partial charge on any atom is 0.335 e. The lowest BCUT2D eigenvalue weighted by molar-refractivity contribution is -0.123. The minimum atomic E-state index is -1.05. The van der Waals surface area contributed by atoms with E-state index in [2.05, 4.69) is 5.32 Å². The van der Waals surface area contributed by atoms with Crippen LogP contribution in [0.25, 0.3) is 11.8 Å². The molecule has 1 aromatic heterocycles. The summed E-state index contributed by atoms with van der Waals surface area (Å²) in [5, 5.41) is 11.7. The van der Waals surface area contributed by atoms with Crippen LogP contribution in [0.15, 0.2) is 72.6 Å². The van der Waals surface area contributed by atoms with Gasteiger partial charge in [-0.05, 0) is 42.5 Å². The van der Waals surface area contributed by atoms with Gasteiger partial charge in [-0.25, -0.2) is 14.0 Å². The Morgan fingerprint density at radius 1 is 1.07 bits per heavy atom. The number of carboxylic acids is 1. The van der Waals surface area contributed by atoms with Gasteiger partial charge in [0.05, 0.1) is 12.1 Å². The van der Waals surface area contributed by atoms with Gasteiger partial charge in [0.2, 0.25) is 0 Å². The van der Waals surface area contributed by atoms with Crippen molar-refractivity contribution < 1.29 is 23.9 Å². The molecule has 0 atom stereocenters. The number of carbonyl (C=O) groups is 3. The molecule has 0 radical (unpaired) electrons. The number of nitrogens with one attached hydrogen (secondary N) is 1. The third-order valence-corrected chi connectivity index (χ3v) is 4.69. The fourth-order valence-electron chi connectivity index (χ4n) is 3.20. The number of halogens is 1. The largest absolute Gasteiger partial charge is 0.478 e. The van der Waals surface area contributed by atoms with Gasteiger partial charge in [0.15, 0.2) is 0 Å². The van der Waals surface area contributed by atoms with Crippen molar-refractivity contribution in [2.45, 2.75) is 6.54 Å². The van der Waals surface area contributed by atoms with Crippen LogP contribution < -0.4 is 5.32 Å². The molecule has 1 fully saturated rings. The first kappa shape index (κ1) is 19.1. The number of urea groups is 1. The highest BCUT2D eigenvalue weighted by atomic mass is 19.1. The summed E-state index contributed by atoms with van der Waals surface area (Å²) in [5.41, 5.74) is 1.56. The van der Waals surface area contributed by atoms with Crippen molar-refractivity contribution in [1.29, 1.82) is 0 Å². The Balaban J connectivity index is 1.63. The Morgan fingerprint density at radius 3 is 2.63 bits per heavy atom. The molecule has 2 aromatic carbocycles. The van der Waals surface area contributed by atoms with Gasteiger partial charge >= 0.3 is 12.0 Å². The second-order valence-corrected chi connectivity index (χ2v) is 6.63. The standard InChI is InChI=1S/C22H16FN3O4/c23-18-9-2-1-5-15(18)13-26-20(27)19(24-22(26)30)12-17-8-4-10-25(17)16-7-3-6-14(11-16)21(28)29/h1-12H,13H2,(H,24,30)(H,28,29). The zero-order valence-corrected chi connectivity index (χ0v) is 15.6. The minimum Gasteiger partial charge on any atom is -0.478 e. The second kappa shape index (κ2) is 7.67. The van der Waals surface area contributed by atoms with Crippen molar-refractivity contribution in [3.8, 4) is 5.69 Å². The van der Waals surface area contributed by atoms with Gasteiger partial charge in [-0.15, -0.1) is 0 Å². The van der Waals surface area contributed by atoms with Gasteiger partial charge in [-0.2, -0.15) is 0 Å². The van der Waals surface area contributed by atoms with Gasteiger partial charge < -0.3 is 15.0 Å². The summed E-state index contributed by atoms with van der Waals surface area (Å²) in [7, 11) is 0. The van der Waals surface area contributed by atoms with Crippen LogP contribution in [-0.4, -0.2) is 32.5 Å². The van der Waals surface area contributed by atoms with Crippen LogP contribution in [0.3, 0.4) is 0 Å². The number of hydrogen-bond acceptors (Lipinski definition) is 3. The van der Waals surface area contributed by atoms with Crippen LogP contribution in [0, 0.1) is 5.82 Å². The molecular weight excluding hydrogens is 389 g/mol. The highest BCUT2D eigenvalue weighted by Gasteiger charge is 2.34. The third kappa shape index (κ3) is 3.58. The van der Waals surface area contributed by atoms with Crippen LogP contribution in [0.1, 0.15) is 21.6 Å². The SMILES string of the molecule is O=C(O)c1cccc(-n2cccc2C=C2NC(=O)N(Cc3ccccc3F)C2=O)c1. The van der Waals surface area contributed by atoms with E-state index in [4.69, 9.17) is 0 Å². The Hall–Kier alpha value is -4.20. The number of carbonyl (C=O) groups excluding carboxylic acids is 2. The summed E-state index contributed by atoms with van der Waals surface area (Å²) in [6.07, 6.45) is 3.21. The first-order valence-corrected chi connectivity index (χ1v) is 9.03. The lowest BCUT2D eigenvalue weighted by atomic mass is 10.2. The molecule has 2 N–H and O–H groups in total. The summed E-state index contributed by atoms with van der Waals surface area (Å²) < 4.78 is 15.6. The Labute approximate surface area is 170 Å². The van der Waals surface area contributed by atoms with E-state index >= 15 is 0 Å². The summed E-state index contributed by atoms with van der Waals surface area (Å²) in [6.45, 7) is -0.184. The first-order chi connectivity index (χ1) is 14.4. The van der Waals surface area contributed by atoms with E-state index in [1.54, 1.807) is 41.1 Å². The molecule has 8 heteroatoms. The third-order valence-electron chi connectivity index (χ3n) is 4.69. The van der Waals surface area contributed by atoms with Crippen molar-refractivity contribution in [2.24, 2.45) is 0 Å². The predicted molar refractivity (Wildman–Crippen MR) is 106 cm³/mol. The number of aromatic carboxylic acids is 1. The van der Waals surface area contributed by atoms with Crippen LogP contribution in [0.4, 0.5) is 9.18 Å². The second-order valence-electron chi connectivity index (χ2n) is 6.63. The van der Waals surface area contributed by atoms with Crippen molar-refractivity contribution in [3.63, 3.8) is 0 Å². The lowest BCUT2D eigenvalue weighted by Gasteiger charge is -2.12. The van der Waals surface area contributed by atoms with E-state index in [1.165, 1.54) is 36.4 Å². The number of hydrogen-bond donors (Lipinski definition) is 2. The van der Waals surface area contributed by atoms with E-state index in [0.717, 1.165) is 4.90 Å². The molecule has 0 unspecified atom stereocenters. The average Bonchev–Trinajstić information content (AvgIpc) is 3.30. The molecule has 7 nitrogen and oxygen atoms in total. The molecule has 150 valence electrons. The molecular formula is C22H16FN3O4. The highest BCUT2D eigenvalue weighted by molar-refractivity contribution is 6.13. The minimum absolute atomic E-state index is 0.0469. The fraction of sp³-hybridized carbons (Fsp3) is 0.0455. The maximum atomic E-state index is 13.9. The highest BCUT2D eigenvalue weighted by Crippen LogP contribution is 2.21. The summed E-state index contributed by atoms with van der Waals surface area (Å²) in [5.74, 6) is -2.12. The zero-order valence-electron chi connectivity index (χ0n) is 15.6. The van der Waals surface area contributed by atoms with Gasteiger partial charge in [-0.1, -0.05) is 24.3 Å². The summed E-state index contributed by atoms with van der Waals surface area (Å²) >= 11 is 0.